The van der Waals surface area contributed by atoms with Crippen LogP contribution in [0.15, 0.2) is 83.8 Å². The quantitative estimate of drug-likeness (QED) is 0.619. The third-order valence-corrected chi connectivity index (χ3v) is 5.62. The van der Waals surface area contributed by atoms with Gasteiger partial charge in [-0.1, -0.05) is 30.3 Å². The molecule has 0 saturated carbocycles. The third-order valence-electron chi connectivity index (χ3n) is 4.13. The summed E-state index contributed by atoms with van der Waals surface area (Å²) in [5.41, 5.74) is 1.07. The second-order valence-corrected chi connectivity index (χ2v) is 8.03. The lowest BCUT2D eigenvalue weighted by Crippen LogP contribution is -2.45. The molecule has 0 unspecified atom stereocenters. The fraction of sp³-hybridized carbons (Fsp3) is 0.0952. The van der Waals surface area contributed by atoms with Gasteiger partial charge in [-0.2, -0.15) is 4.72 Å². The van der Waals surface area contributed by atoms with Crippen molar-refractivity contribution < 1.29 is 22.0 Å². The Labute approximate surface area is 167 Å². The van der Waals surface area contributed by atoms with Gasteiger partial charge >= 0.3 is 0 Å². The molecule has 0 aliphatic rings. The zero-order valence-electron chi connectivity index (χ0n) is 15.2. The molecule has 0 aromatic heterocycles. The fourth-order valence-electron chi connectivity index (χ4n) is 2.67. The van der Waals surface area contributed by atoms with E-state index in [9.17, 15) is 22.0 Å². The van der Waals surface area contributed by atoms with E-state index in [0.717, 1.165) is 29.8 Å². The maximum atomic E-state index is 13.1. The Balaban J connectivity index is 1.84. The van der Waals surface area contributed by atoms with Crippen LogP contribution in [-0.2, 0) is 21.2 Å². The molecule has 0 bridgehead atoms. The van der Waals surface area contributed by atoms with Gasteiger partial charge in [-0.3, -0.25) is 4.79 Å². The van der Waals surface area contributed by atoms with Crippen LogP contribution in [0.25, 0.3) is 0 Å². The highest BCUT2D eigenvalue weighted by Gasteiger charge is 2.26. The summed E-state index contributed by atoms with van der Waals surface area (Å²) in [5, 5.41) is 2.58. The molecule has 0 aliphatic heterocycles. The highest BCUT2D eigenvalue weighted by Crippen LogP contribution is 2.14. The lowest BCUT2D eigenvalue weighted by molar-refractivity contribution is -0.117. The van der Waals surface area contributed by atoms with Crippen LogP contribution in [0.4, 0.5) is 14.5 Å². The van der Waals surface area contributed by atoms with Gasteiger partial charge in [-0.25, -0.2) is 17.2 Å². The summed E-state index contributed by atoms with van der Waals surface area (Å²) in [6.07, 6.45) is 0.0916. The number of hydrogen-bond donors (Lipinski definition) is 2. The number of hydrogen-bond acceptors (Lipinski definition) is 3. The SMILES string of the molecule is O=C(Nc1ccc(F)cc1)[C@H](Cc1ccccc1)NS(=O)(=O)c1ccc(F)cc1. The first-order valence-corrected chi connectivity index (χ1v) is 10.2. The summed E-state index contributed by atoms with van der Waals surface area (Å²) in [7, 11) is -4.08. The van der Waals surface area contributed by atoms with E-state index in [1.807, 2.05) is 0 Å². The smallest absolute Gasteiger partial charge is 0.242 e. The van der Waals surface area contributed by atoms with Crippen LogP contribution < -0.4 is 10.0 Å². The molecule has 5 nitrogen and oxygen atoms in total. The summed E-state index contributed by atoms with van der Waals surface area (Å²) in [4.78, 5) is 12.6. The topological polar surface area (TPSA) is 75.3 Å². The number of rotatable bonds is 7. The average molecular weight is 416 g/mol. The zero-order chi connectivity index (χ0) is 20.9. The summed E-state index contributed by atoms with van der Waals surface area (Å²) < 4.78 is 53.9. The van der Waals surface area contributed by atoms with Crippen molar-refractivity contribution in [1.29, 1.82) is 0 Å². The van der Waals surface area contributed by atoms with Gasteiger partial charge in [0.15, 0.2) is 0 Å². The molecule has 2 N–H and O–H groups in total. The molecule has 1 atom stereocenters. The monoisotopic (exact) mass is 416 g/mol. The number of sulfonamides is 1. The van der Waals surface area contributed by atoms with Gasteiger partial charge in [-0.05, 0) is 60.5 Å². The Kier molecular flexibility index (Phi) is 6.36. The molecule has 3 aromatic rings. The molecule has 3 rings (SSSR count). The van der Waals surface area contributed by atoms with E-state index < -0.39 is 33.6 Å². The molecule has 0 fully saturated rings. The second kappa shape index (κ2) is 8.93. The molecule has 0 saturated heterocycles. The minimum absolute atomic E-state index is 0.0916. The van der Waals surface area contributed by atoms with Crippen molar-refractivity contribution in [3.8, 4) is 0 Å². The Morgan fingerprint density at radius 3 is 1.97 bits per heavy atom. The molecule has 8 heteroatoms. The predicted octanol–water partition coefficient (Wildman–Crippen LogP) is 3.49. The second-order valence-electron chi connectivity index (χ2n) is 6.31. The van der Waals surface area contributed by atoms with E-state index in [1.165, 1.54) is 24.3 Å². The number of carbonyl (C=O) groups excluding carboxylic acids is 1. The molecule has 0 heterocycles. The zero-order valence-corrected chi connectivity index (χ0v) is 16.0. The van der Waals surface area contributed by atoms with Crippen molar-refractivity contribution in [1.82, 2.24) is 4.72 Å². The highest BCUT2D eigenvalue weighted by molar-refractivity contribution is 7.89. The Hall–Kier alpha value is -3.10. The average Bonchev–Trinajstić information content (AvgIpc) is 2.70. The molecule has 0 aliphatic carbocycles. The molecular weight excluding hydrogens is 398 g/mol. The van der Waals surface area contributed by atoms with Crippen molar-refractivity contribution in [3.63, 3.8) is 0 Å². The van der Waals surface area contributed by atoms with Crippen LogP contribution in [0.1, 0.15) is 5.56 Å². The van der Waals surface area contributed by atoms with Gasteiger partial charge in [-0.15, -0.1) is 0 Å². The van der Waals surface area contributed by atoms with Gasteiger partial charge in [0.1, 0.15) is 17.7 Å². The number of carbonyl (C=O) groups is 1. The minimum atomic E-state index is -4.08. The Bertz CT molecular complexity index is 1070. The Morgan fingerprint density at radius 2 is 1.38 bits per heavy atom. The van der Waals surface area contributed by atoms with Crippen molar-refractivity contribution in [2.24, 2.45) is 0 Å². The maximum absolute atomic E-state index is 13.1. The first-order chi connectivity index (χ1) is 13.8. The minimum Gasteiger partial charge on any atom is -0.325 e. The summed E-state index contributed by atoms with van der Waals surface area (Å²) in [6.45, 7) is 0. The predicted molar refractivity (Wildman–Crippen MR) is 106 cm³/mol. The number of anilines is 1. The van der Waals surface area contributed by atoms with Gasteiger partial charge < -0.3 is 5.32 Å². The van der Waals surface area contributed by atoms with Crippen LogP contribution in [-0.4, -0.2) is 20.4 Å². The summed E-state index contributed by atoms with van der Waals surface area (Å²) in [5.74, 6) is -1.63. The maximum Gasteiger partial charge on any atom is 0.242 e. The highest BCUT2D eigenvalue weighted by atomic mass is 32.2. The fourth-order valence-corrected chi connectivity index (χ4v) is 3.86. The van der Waals surface area contributed by atoms with Crippen molar-refractivity contribution in [2.75, 3.05) is 5.32 Å². The van der Waals surface area contributed by atoms with Crippen molar-refractivity contribution in [3.05, 3.63) is 96.1 Å². The van der Waals surface area contributed by atoms with E-state index in [0.29, 0.717) is 5.69 Å². The normalized spacial score (nSPS) is 12.3. The summed E-state index contributed by atoms with van der Waals surface area (Å²) >= 11 is 0. The van der Waals surface area contributed by atoms with E-state index in [2.05, 4.69) is 10.0 Å². The van der Waals surface area contributed by atoms with Crippen LogP contribution >= 0.6 is 0 Å². The van der Waals surface area contributed by atoms with Crippen molar-refractivity contribution >= 4 is 21.6 Å². The van der Waals surface area contributed by atoms with E-state index in [4.69, 9.17) is 0 Å². The van der Waals surface area contributed by atoms with Crippen LogP contribution in [0.3, 0.4) is 0 Å². The first-order valence-electron chi connectivity index (χ1n) is 8.72. The number of halogens is 2. The lowest BCUT2D eigenvalue weighted by Gasteiger charge is -2.19. The number of benzene rings is 3. The van der Waals surface area contributed by atoms with Gasteiger partial charge in [0.05, 0.1) is 4.90 Å². The van der Waals surface area contributed by atoms with Crippen molar-refractivity contribution in [2.45, 2.75) is 17.4 Å². The Morgan fingerprint density at radius 1 is 0.828 bits per heavy atom. The molecular formula is C21H18F2N2O3S. The van der Waals surface area contributed by atoms with E-state index in [-0.39, 0.29) is 11.3 Å². The summed E-state index contributed by atoms with van der Waals surface area (Å²) in [6, 6.07) is 17.2. The number of amides is 1. The van der Waals surface area contributed by atoms with Crippen LogP contribution in [0.5, 0.6) is 0 Å². The van der Waals surface area contributed by atoms with Crippen LogP contribution in [0, 0.1) is 11.6 Å². The van der Waals surface area contributed by atoms with Gasteiger partial charge in [0.25, 0.3) is 0 Å². The molecule has 0 spiro atoms. The third kappa shape index (κ3) is 5.69. The van der Waals surface area contributed by atoms with E-state index >= 15 is 0 Å². The van der Waals surface area contributed by atoms with Gasteiger partial charge in [0.2, 0.25) is 15.9 Å². The molecule has 150 valence electrons. The largest absolute Gasteiger partial charge is 0.325 e. The number of nitrogens with one attached hydrogen (secondary N) is 2. The van der Waals surface area contributed by atoms with Gasteiger partial charge in [0, 0.05) is 5.69 Å². The molecule has 3 aromatic carbocycles. The lowest BCUT2D eigenvalue weighted by atomic mass is 10.1. The van der Waals surface area contributed by atoms with E-state index in [1.54, 1.807) is 30.3 Å². The molecule has 1 amide bonds. The molecule has 29 heavy (non-hydrogen) atoms. The van der Waals surface area contributed by atoms with Crippen LogP contribution in [0.2, 0.25) is 0 Å². The standard InChI is InChI=1S/C21H18F2N2O3S/c22-16-6-10-18(11-7-16)24-21(26)20(14-15-4-2-1-3-5-15)25-29(27,28)19-12-8-17(23)9-13-19/h1-13,20,25H,14H2,(H,24,26)/t20-/m0/s1. The molecule has 0 radical (unpaired) electrons. The first kappa shape index (κ1) is 20.6.